The van der Waals surface area contributed by atoms with Crippen molar-refractivity contribution in [3.8, 4) is 0 Å². The van der Waals surface area contributed by atoms with Gasteiger partial charge in [0.15, 0.2) is 0 Å². The summed E-state index contributed by atoms with van der Waals surface area (Å²) in [6, 6.07) is -1.43. The van der Waals surface area contributed by atoms with Crippen LogP contribution in [0.5, 0.6) is 0 Å². The van der Waals surface area contributed by atoms with Crippen molar-refractivity contribution in [2.75, 3.05) is 18.6 Å². The lowest BCUT2D eigenvalue weighted by Gasteiger charge is -2.10. The summed E-state index contributed by atoms with van der Waals surface area (Å²) in [6.45, 7) is 1.76. The molecule has 0 heterocycles. The van der Waals surface area contributed by atoms with E-state index in [0.29, 0.717) is 18.7 Å². The Kier molecular flexibility index (Phi) is 6.68. The van der Waals surface area contributed by atoms with Gasteiger partial charge < -0.3 is 15.7 Å². The number of hydrogen-bond donors (Lipinski definition) is 3. The van der Waals surface area contributed by atoms with E-state index < -0.39 is 28.8 Å². The lowest BCUT2D eigenvalue weighted by molar-refractivity contribution is -0.138. The zero-order valence-electron chi connectivity index (χ0n) is 8.78. The summed E-state index contributed by atoms with van der Waals surface area (Å²) in [6.07, 6.45) is 2.20. The number of urea groups is 1. The second-order valence-corrected chi connectivity index (χ2v) is 4.65. The summed E-state index contributed by atoms with van der Waals surface area (Å²) >= 11 is 0. The van der Waals surface area contributed by atoms with Crippen LogP contribution in [-0.2, 0) is 15.6 Å². The van der Waals surface area contributed by atoms with Crippen molar-refractivity contribution in [3.05, 3.63) is 0 Å². The number of carbonyl (C=O) groups is 2. The molecule has 0 aliphatic heterocycles. The van der Waals surface area contributed by atoms with Crippen molar-refractivity contribution in [2.45, 2.75) is 19.4 Å². The summed E-state index contributed by atoms with van der Waals surface area (Å²) in [4.78, 5) is 21.4. The van der Waals surface area contributed by atoms with E-state index in [-0.39, 0.29) is 0 Å². The third kappa shape index (κ3) is 7.92. The molecule has 15 heavy (non-hydrogen) atoms. The van der Waals surface area contributed by atoms with Crippen LogP contribution in [0.25, 0.3) is 0 Å². The van der Waals surface area contributed by atoms with E-state index in [1.165, 1.54) is 6.92 Å². The van der Waals surface area contributed by atoms with Gasteiger partial charge in [-0.05, 0) is 13.3 Å². The lowest BCUT2D eigenvalue weighted by Crippen LogP contribution is -2.44. The Labute approximate surface area is 90.9 Å². The molecule has 0 saturated heterocycles. The van der Waals surface area contributed by atoms with E-state index in [9.17, 15) is 13.8 Å². The minimum Gasteiger partial charge on any atom is -0.480 e. The minimum absolute atomic E-state index is 0.387. The first-order valence-corrected chi connectivity index (χ1v) is 6.23. The van der Waals surface area contributed by atoms with Gasteiger partial charge in [-0.25, -0.2) is 4.79 Å². The largest absolute Gasteiger partial charge is 0.480 e. The van der Waals surface area contributed by atoms with Gasteiger partial charge >= 0.3 is 12.0 Å². The first-order valence-electron chi connectivity index (χ1n) is 4.50. The molecule has 0 aliphatic carbocycles. The quantitative estimate of drug-likeness (QED) is 0.543. The molecule has 2 amide bonds. The smallest absolute Gasteiger partial charge is 0.325 e. The molecule has 0 radical (unpaired) electrons. The van der Waals surface area contributed by atoms with Crippen LogP contribution >= 0.6 is 0 Å². The summed E-state index contributed by atoms with van der Waals surface area (Å²) in [5.41, 5.74) is 0. The number of carboxylic acids is 1. The fourth-order valence-corrected chi connectivity index (χ4v) is 1.34. The molecule has 1 unspecified atom stereocenters. The number of carboxylic acid groups (broad SMARTS) is 1. The molecule has 0 rings (SSSR count). The Morgan fingerprint density at radius 2 is 2.07 bits per heavy atom. The van der Waals surface area contributed by atoms with Crippen LogP contribution in [0.4, 0.5) is 4.79 Å². The van der Waals surface area contributed by atoms with Gasteiger partial charge in [0.1, 0.15) is 6.04 Å². The number of amides is 2. The van der Waals surface area contributed by atoms with Gasteiger partial charge in [0.25, 0.3) is 0 Å². The Hall–Kier alpha value is -1.11. The van der Waals surface area contributed by atoms with Crippen LogP contribution in [0.2, 0.25) is 0 Å². The molecular formula is C8H16N2O4S. The number of hydrogen-bond acceptors (Lipinski definition) is 3. The summed E-state index contributed by atoms with van der Waals surface area (Å²) in [5, 5.41) is 13.2. The van der Waals surface area contributed by atoms with Gasteiger partial charge in [-0.15, -0.1) is 0 Å². The predicted molar refractivity (Wildman–Crippen MR) is 57.2 cm³/mol. The van der Waals surface area contributed by atoms with Crippen LogP contribution < -0.4 is 10.6 Å². The Morgan fingerprint density at radius 1 is 1.47 bits per heavy atom. The summed E-state index contributed by atoms with van der Waals surface area (Å²) in [7, 11) is -0.864. The maximum Gasteiger partial charge on any atom is 0.325 e. The highest BCUT2D eigenvalue weighted by Crippen LogP contribution is 1.83. The third-order valence-electron chi connectivity index (χ3n) is 1.61. The number of rotatable bonds is 6. The SMILES string of the molecule is C[C@@H](NC(=O)NCCCS(C)=O)C(=O)O. The van der Waals surface area contributed by atoms with Gasteiger partial charge in [-0.1, -0.05) is 0 Å². The minimum atomic E-state index is -1.08. The maximum absolute atomic E-state index is 11.0. The second-order valence-electron chi connectivity index (χ2n) is 3.09. The Morgan fingerprint density at radius 3 is 2.53 bits per heavy atom. The number of nitrogens with one attached hydrogen (secondary N) is 2. The number of carbonyl (C=O) groups excluding carboxylic acids is 1. The molecule has 0 fully saturated rings. The highest BCUT2D eigenvalue weighted by molar-refractivity contribution is 7.84. The van der Waals surface area contributed by atoms with E-state index in [4.69, 9.17) is 5.11 Å². The fourth-order valence-electron chi connectivity index (χ4n) is 0.787. The molecule has 6 nitrogen and oxygen atoms in total. The zero-order valence-corrected chi connectivity index (χ0v) is 9.60. The van der Waals surface area contributed by atoms with Crippen molar-refractivity contribution < 1.29 is 18.9 Å². The molecular weight excluding hydrogens is 220 g/mol. The molecule has 0 aliphatic rings. The highest BCUT2D eigenvalue weighted by atomic mass is 32.2. The van der Waals surface area contributed by atoms with E-state index in [2.05, 4.69) is 10.6 Å². The van der Waals surface area contributed by atoms with Gasteiger partial charge in [0, 0.05) is 29.4 Å². The van der Waals surface area contributed by atoms with Crippen molar-refractivity contribution >= 4 is 22.8 Å². The molecule has 0 spiro atoms. The van der Waals surface area contributed by atoms with E-state index in [0.717, 1.165) is 0 Å². The van der Waals surface area contributed by atoms with Crippen molar-refractivity contribution in [2.24, 2.45) is 0 Å². The molecule has 0 saturated carbocycles. The van der Waals surface area contributed by atoms with Gasteiger partial charge in [-0.2, -0.15) is 0 Å². The normalized spacial score (nSPS) is 14.0. The average Bonchev–Trinajstić information content (AvgIpc) is 2.12. The first-order chi connectivity index (χ1) is 6.93. The standard InChI is InChI=1S/C8H16N2O4S/c1-6(7(11)12)10-8(13)9-4-3-5-15(2)14/h6H,3-5H2,1-2H3,(H,11,12)(H2,9,10,13)/t6-,15?/m1/s1. The monoisotopic (exact) mass is 236 g/mol. The van der Waals surface area contributed by atoms with Crippen LogP contribution in [0.3, 0.4) is 0 Å². The van der Waals surface area contributed by atoms with Crippen molar-refractivity contribution in [1.29, 1.82) is 0 Å². The van der Waals surface area contributed by atoms with Crippen molar-refractivity contribution in [3.63, 3.8) is 0 Å². The average molecular weight is 236 g/mol. The summed E-state index contributed by atoms with van der Waals surface area (Å²) in [5.74, 6) is -0.561. The van der Waals surface area contributed by atoms with Crippen LogP contribution in [0.15, 0.2) is 0 Å². The Balaban J connectivity index is 3.58. The van der Waals surface area contributed by atoms with E-state index in [1.807, 2.05) is 0 Å². The molecule has 3 N–H and O–H groups in total. The molecule has 0 aromatic carbocycles. The fraction of sp³-hybridized carbons (Fsp3) is 0.750. The van der Waals surface area contributed by atoms with Gasteiger partial charge in [0.2, 0.25) is 0 Å². The van der Waals surface area contributed by atoms with Crippen LogP contribution in [-0.4, -0.2) is 45.9 Å². The zero-order chi connectivity index (χ0) is 11.8. The van der Waals surface area contributed by atoms with Crippen LogP contribution in [0.1, 0.15) is 13.3 Å². The predicted octanol–water partition coefficient (Wildman–Crippen LogP) is -0.473. The topological polar surface area (TPSA) is 95.5 Å². The molecule has 0 aromatic rings. The van der Waals surface area contributed by atoms with Gasteiger partial charge in [0.05, 0.1) is 0 Å². The van der Waals surface area contributed by atoms with E-state index in [1.54, 1.807) is 6.26 Å². The molecule has 0 aromatic heterocycles. The maximum atomic E-state index is 11.0. The lowest BCUT2D eigenvalue weighted by atomic mass is 10.3. The molecule has 0 bridgehead atoms. The van der Waals surface area contributed by atoms with Crippen LogP contribution in [0, 0.1) is 0 Å². The highest BCUT2D eigenvalue weighted by Gasteiger charge is 2.12. The van der Waals surface area contributed by atoms with Crippen molar-refractivity contribution in [1.82, 2.24) is 10.6 Å². The molecule has 7 heteroatoms. The first kappa shape index (κ1) is 13.9. The van der Waals surface area contributed by atoms with E-state index >= 15 is 0 Å². The van der Waals surface area contributed by atoms with Gasteiger partial charge in [-0.3, -0.25) is 9.00 Å². The Bertz CT molecular complexity index is 257. The second kappa shape index (κ2) is 7.22. The summed E-state index contributed by atoms with van der Waals surface area (Å²) < 4.78 is 10.7. The number of aliphatic carboxylic acids is 1. The molecule has 2 atom stereocenters. The third-order valence-corrected chi connectivity index (χ3v) is 2.48. The molecule has 88 valence electrons.